The molecule has 0 saturated carbocycles. The molecule has 1 rings (SSSR count). The van der Waals surface area contributed by atoms with Gasteiger partial charge < -0.3 is 5.73 Å². The van der Waals surface area contributed by atoms with Gasteiger partial charge >= 0.3 is 0 Å². The Hall–Kier alpha value is -0.610. The van der Waals surface area contributed by atoms with Crippen molar-refractivity contribution in [3.63, 3.8) is 0 Å². The van der Waals surface area contributed by atoms with Gasteiger partial charge in [0, 0.05) is 4.90 Å². The van der Waals surface area contributed by atoms with Gasteiger partial charge in [0.05, 0.1) is 0 Å². The lowest BCUT2D eigenvalue weighted by molar-refractivity contribution is 0.336. The van der Waals surface area contributed by atoms with Crippen molar-refractivity contribution in [2.24, 2.45) is 11.1 Å². The van der Waals surface area contributed by atoms with Gasteiger partial charge in [-0.2, -0.15) is 0 Å². The fourth-order valence-electron chi connectivity index (χ4n) is 1.58. The summed E-state index contributed by atoms with van der Waals surface area (Å²) in [5, 5.41) is 0. The summed E-state index contributed by atoms with van der Waals surface area (Å²) in [5.41, 5.74) is 5.83. The largest absolute Gasteiger partial charge is 0.330 e. The second-order valence-electron chi connectivity index (χ2n) is 5.25. The molecule has 0 aromatic heterocycles. The average molecular weight is 273 g/mol. The molecule has 102 valence electrons. The van der Waals surface area contributed by atoms with Gasteiger partial charge in [-0.15, -0.1) is 11.8 Å². The maximum absolute atomic E-state index is 13.3. The Labute approximate surface area is 112 Å². The minimum atomic E-state index is -0.386. The Morgan fingerprint density at radius 2 is 1.94 bits per heavy atom. The number of halogens is 2. The highest BCUT2D eigenvalue weighted by molar-refractivity contribution is 7.99. The van der Waals surface area contributed by atoms with Crippen LogP contribution < -0.4 is 5.73 Å². The topological polar surface area (TPSA) is 26.0 Å². The minimum Gasteiger partial charge on any atom is -0.330 e. The third kappa shape index (κ3) is 5.36. The molecule has 1 aromatic rings. The first kappa shape index (κ1) is 15.4. The Morgan fingerprint density at radius 3 is 2.61 bits per heavy atom. The summed E-state index contributed by atoms with van der Waals surface area (Å²) >= 11 is 1.37. The van der Waals surface area contributed by atoms with Crippen molar-refractivity contribution in [2.75, 3.05) is 12.3 Å². The van der Waals surface area contributed by atoms with Crippen molar-refractivity contribution in [1.29, 1.82) is 0 Å². The fourth-order valence-corrected chi connectivity index (χ4v) is 2.55. The fraction of sp³-hybridized carbons (Fsp3) is 0.571. The summed E-state index contributed by atoms with van der Waals surface area (Å²) in [7, 11) is 0. The molecule has 0 amide bonds. The summed E-state index contributed by atoms with van der Waals surface area (Å²) < 4.78 is 26.2. The molecule has 4 heteroatoms. The summed E-state index contributed by atoms with van der Waals surface area (Å²) in [4.78, 5) is 0.396. The summed E-state index contributed by atoms with van der Waals surface area (Å²) in [6, 6.07) is 3.57. The zero-order valence-corrected chi connectivity index (χ0v) is 11.8. The lowest BCUT2D eigenvalue weighted by Gasteiger charge is -2.21. The minimum absolute atomic E-state index is 0.175. The van der Waals surface area contributed by atoms with Gasteiger partial charge in [0.2, 0.25) is 0 Å². The number of nitrogens with two attached hydrogens (primary N) is 1. The van der Waals surface area contributed by atoms with E-state index in [1.54, 1.807) is 0 Å². The van der Waals surface area contributed by atoms with Crippen LogP contribution in [0.25, 0.3) is 0 Å². The number of thioether (sulfide) groups is 1. The molecule has 0 saturated heterocycles. The van der Waals surface area contributed by atoms with E-state index in [-0.39, 0.29) is 17.0 Å². The number of hydrogen-bond donors (Lipinski definition) is 1. The lowest BCUT2D eigenvalue weighted by atomic mass is 9.88. The van der Waals surface area contributed by atoms with E-state index in [0.29, 0.717) is 11.4 Å². The zero-order chi connectivity index (χ0) is 13.6. The highest BCUT2D eigenvalue weighted by atomic mass is 32.2. The predicted octanol–water partition coefficient (Wildman–Crippen LogP) is 4.21. The summed E-state index contributed by atoms with van der Waals surface area (Å²) in [5.74, 6) is 0.0768. The molecule has 0 unspecified atom stereocenters. The average Bonchev–Trinajstić information content (AvgIpc) is 2.33. The van der Waals surface area contributed by atoms with E-state index >= 15 is 0 Å². The van der Waals surface area contributed by atoms with Crippen molar-refractivity contribution >= 4 is 11.8 Å². The van der Waals surface area contributed by atoms with Crippen LogP contribution in [0.15, 0.2) is 23.1 Å². The van der Waals surface area contributed by atoms with Gasteiger partial charge in [0.1, 0.15) is 11.6 Å². The first-order valence-electron chi connectivity index (χ1n) is 6.22. The van der Waals surface area contributed by atoms with Crippen LogP contribution in [0.1, 0.15) is 33.1 Å². The van der Waals surface area contributed by atoms with Gasteiger partial charge in [-0.05, 0) is 48.8 Å². The van der Waals surface area contributed by atoms with Crippen LogP contribution in [0.3, 0.4) is 0 Å². The molecular weight excluding hydrogens is 252 g/mol. The van der Waals surface area contributed by atoms with Gasteiger partial charge in [-0.25, -0.2) is 8.78 Å². The van der Waals surface area contributed by atoms with E-state index in [1.807, 2.05) is 0 Å². The third-order valence-corrected chi connectivity index (χ3v) is 4.07. The molecule has 0 aliphatic rings. The summed E-state index contributed by atoms with van der Waals surface area (Å²) in [6.07, 6.45) is 3.12. The van der Waals surface area contributed by atoms with E-state index in [0.717, 1.165) is 31.1 Å². The predicted molar refractivity (Wildman–Crippen MR) is 73.8 cm³/mol. The van der Waals surface area contributed by atoms with Crippen LogP contribution in [0.2, 0.25) is 0 Å². The van der Waals surface area contributed by atoms with Crippen molar-refractivity contribution in [3.05, 3.63) is 29.8 Å². The Balaban J connectivity index is 2.28. The van der Waals surface area contributed by atoms with E-state index in [2.05, 4.69) is 13.8 Å². The van der Waals surface area contributed by atoms with Crippen molar-refractivity contribution in [3.8, 4) is 0 Å². The second kappa shape index (κ2) is 7.10. The number of unbranched alkanes of at least 4 members (excludes halogenated alkanes) is 1. The number of benzene rings is 1. The molecule has 0 spiro atoms. The first-order chi connectivity index (χ1) is 8.44. The molecule has 0 bridgehead atoms. The lowest BCUT2D eigenvalue weighted by Crippen LogP contribution is -2.23. The third-order valence-electron chi connectivity index (χ3n) is 2.95. The second-order valence-corrected chi connectivity index (χ2v) is 6.39. The molecule has 0 heterocycles. The van der Waals surface area contributed by atoms with Crippen molar-refractivity contribution < 1.29 is 8.78 Å². The van der Waals surface area contributed by atoms with E-state index < -0.39 is 0 Å². The van der Waals surface area contributed by atoms with Crippen LogP contribution in [0.4, 0.5) is 8.78 Å². The van der Waals surface area contributed by atoms with Gasteiger partial charge in [-0.1, -0.05) is 20.3 Å². The van der Waals surface area contributed by atoms with Crippen LogP contribution in [-0.2, 0) is 0 Å². The Kier molecular flexibility index (Phi) is 6.09. The molecule has 2 N–H and O–H groups in total. The van der Waals surface area contributed by atoms with Gasteiger partial charge in [0.15, 0.2) is 0 Å². The van der Waals surface area contributed by atoms with Crippen LogP contribution in [0.5, 0.6) is 0 Å². The van der Waals surface area contributed by atoms with Crippen LogP contribution in [-0.4, -0.2) is 12.3 Å². The van der Waals surface area contributed by atoms with E-state index in [1.165, 1.54) is 23.9 Å². The van der Waals surface area contributed by atoms with Crippen LogP contribution in [0, 0.1) is 17.0 Å². The van der Waals surface area contributed by atoms with Crippen molar-refractivity contribution in [1.82, 2.24) is 0 Å². The van der Waals surface area contributed by atoms with E-state index in [4.69, 9.17) is 5.73 Å². The highest BCUT2D eigenvalue weighted by Crippen LogP contribution is 2.26. The van der Waals surface area contributed by atoms with E-state index in [9.17, 15) is 8.78 Å². The maximum Gasteiger partial charge on any atom is 0.136 e. The molecule has 18 heavy (non-hydrogen) atoms. The zero-order valence-electron chi connectivity index (χ0n) is 11.0. The molecule has 0 aliphatic heterocycles. The maximum atomic E-state index is 13.3. The number of hydrogen-bond acceptors (Lipinski definition) is 2. The van der Waals surface area contributed by atoms with Crippen molar-refractivity contribution in [2.45, 2.75) is 38.0 Å². The SMILES string of the molecule is CC(C)(CN)CCCCSc1cc(F)ccc1F. The molecule has 0 radical (unpaired) electrons. The molecular formula is C14H21F2NS. The normalized spacial score (nSPS) is 11.8. The molecule has 0 atom stereocenters. The quantitative estimate of drug-likeness (QED) is 0.595. The molecule has 0 aliphatic carbocycles. The highest BCUT2D eigenvalue weighted by Gasteiger charge is 2.14. The van der Waals surface area contributed by atoms with Gasteiger partial charge in [0.25, 0.3) is 0 Å². The molecule has 0 fully saturated rings. The molecule has 1 nitrogen and oxygen atoms in total. The number of rotatable bonds is 7. The molecule has 1 aromatic carbocycles. The Bertz CT molecular complexity index is 380. The van der Waals surface area contributed by atoms with Crippen LogP contribution >= 0.6 is 11.8 Å². The monoisotopic (exact) mass is 273 g/mol. The Morgan fingerprint density at radius 1 is 1.22 bits per heavy atom. The van der Waals surface area contributed by atoms with Gasteiger partial charge in [-0.3, -0.25) is 0 Å². The first-order valence-corrected chi connectivity index (χ1v) is 7.21. The standard InChI is InChI=1S/C14H21F2NS/c1-14(2,10-17)7-3-4-8-18-13-9-11(15)5-6-12(13)16/h5-6,9H,3-4,7-8,10,17H2,1-2H3. The summed E-state index contributed by atoms with van der Waals surface area (Å²) in [6.45, 7) is 4.97. The smallest absolute Gasteiger partial charge is 0.136 e.